The van der Waals surface area contributed by atoms with E-state index in [1.54, 1.807) is 0 Å². The van der Waals surface area contributed by atoms with Crippen LogP contribution < -0.4 is 0 Å². The largest absolute Gasteiger partial charge is 0.465 e. The van der Waals surface area contributed by atoms with E-state index < -0.39 is 6.09 Å². The average molecular weight is 213 g/mol. The lowest BCUT2D eigenvalue weighted by Crippen LogP contribution is -2.39. The predicted octanol–water partition coefficient (Wildman–Crippen LogP) is 1.54. The Morgan fingerprint density at radius 3 is 2.27 bits per heavy atom. The van der Waals surface area contributed by atoms with Crippen LogP contribution in [0.2, 0.25) is 0 Å². The molecule has 1 saturated heterocycles. The summed E-state index contributed by atoms with van der Waals surface area (Å²) in [6.07, 6.45) is 4.25. The second-order valence-corrected chi connectivity index (χ2v) is 4.94. The van der Waals surface area contributed by atoms with E-state index in [-0.39, 0.29) is 6.10 Å². The van der Waals surface area contributed by atoms with Crippen molar-refractivity contribution in [2.75, 3.05) is 13.1 Å². The number of hydrogen-bond donors (Lipinski definition) is 2. The van der Waals surface area contributed by atoms with E-state index in [9.17, 15) is 9.90 Å². The van der Waals surface area contributed by atoms with Gasteiger partial charge in [0.25, 0.3) is 0 Å². The van der Waals surface area contributed by atoms with Crippen LogP contribution in [0.4, 0.5) is 4.79 Å². The smallest absolute Gasteiger partial charge is 0.407 e. The topological polar surface area (TPSA) is 60.8 Å². The minimum atomic E-state index is -0.785. The molecular formula is C11H19NO3. The van der Waals surface area contributed by atoms with Crippen molar-refractivity contribution in [2.45, 2.75) is 38.2 Å². The van der Waals surface area contributed by atoms with Gasteiger partial charge in [0, 0.05) is 13.1 Å². The van der Waals surface area contributed by atoms with Gasteiger partial charge in [-0.3, -0.25) is 0 Å². The molecule has 0 aromatic rings. The lowest BCUT2D eigenvalue weighted by atomic mass is 9.75. The van der Waals surface area contributed by atoms with Crippen molar-refractivity contribution in [1.82, 2.24) is 4.90 Å². The quantitative estimate of drug-likeness (QED) is 0.731. The summed E-state index contributed by atoms with van der Waals surface area (Å²) in [5, 5.41) is 18.0. The Morgan fingerprint density at radius 2 is 1.80 bits per heavy atom. The van der Waals surface area contributed by atoms with Crippen LogP contribution in [0.1, 0.15) is 32.1 Å². The van der Waals surface area contributed by atoms with Gasteiger partial charge in [-0.1, -0.05) is 0 Å². The fourth-order valence-corrected chi connectivity index (χ4v) is 2.72. The van der Waals surface area contributed by atoms with Crippen LogP contribution in [0, 0.1) is 11.8 Å². The molecule has 1 aliphatic carbocycles. The summed E-state index contributed by atoms with van der Waals surface area (Å²) in [4.78, 5) is 12.2. The van der Waals surface area contributed by atoms with Crippen LogP contribution in [0.5, 0.6) is 0 Å². The van der Waals surface area contributed by atoms with E-state index in [0.29, 0.717) is 24.9 Å². The second kappa shape index (κ2) is 4.39. The maximum atomic E-state index is 10.7. The van der Waals surface area contributed by atoms with Gasteiger partial charge >= 0.3 is 6.09 Å². The summed E-state index contributed by atoms with van der Waals surface area (Å²) in [5.41, 5.74) is 0. The number of piperidine rings is 1. The SMILES string of the molecule is O=C(O)N1CCC(CC2CC(O)C2)CC1. The highest BCUT2D eigenvalue weighted by Gasteiger charge is 2.31. The summed E-state index contributed by atoms with van der Waals surface area (Å²) < 4.78 is 0. The third-order valence-corrected chi connectivity index (χ3v) is 3.76. The first-order chi connectivity index (χ1) is 7.15. The van der Waals surface area contributed by atoms with Crippen molar-refractivity contribution in [3.63, 3.8) is 0 Å². The van der Waals surface area contributed by atoms with E-state index in [4.69, 9.17) is 5.11 Å². The molecule has 0 aromatic heterocycles. The highest BCUT2D eigenvalue weighted by Crippen LogP contribution is 2.35. The fourth-order valence-electron chi connectivity index (χ4n) is 2.72. The van der Waals surface area contributed by atoms with Crippen LogP contribution in [-0.4, -0.2) is 40.4 Å². The molecule has 0 unspecified atom stereocenters. The van der Waals surface area contributed by atoms with Gasteiger partial charge in [0.05, 0.1) is 6.10 Å². The van der Waals surface area contributed by atoms with Crippen LogP contribution >= 0.6 is 0 Å². The Hall–Kier alpha value is -0.770. The first-order valence-corrected chi connectivity index (χ1v) is 5.81. The van der Waals surface area contributed by atoms with Crippen molar-refractivity contribution in [2.24, 2.45) is 11.8 Å². The first kappa shape index (κ1) is 10.7. The molecule has 0 radical (unpaired) electrons. The molecule has 2 N–H and O–H groups in total. The molecule has 4 heteroatoms. The van der Waals surface area contributed by atoms with Gasteiger partial charge in [-0.05, 0) is 43.9 Å². The maximum Gasteiger partial charge on any atom is 0.407 e. The average Bonchev–Trinajstić information content (AvgIpc) is 2.16. The van der Waals surface area contributed by atoms with E-state index in [0.717, 1.165) is 25.7 Å². The van der Waals surface area contributed by atoms with E-state index in [1.807, 2.05) is 0 Å². The van der Waals surface area contributed by atoms with Gasteiger partial charge in [0.15, 0.2) is 0 Å². The molecule has 1 heterocycles. The number of nitrogens with zero attached hydrogens (tertiary/aromatic N) is 1. The van der Waals surface area contributed by atoms with Crippen LogP contribution in [-0.2, 0) is 0 Å². The summed E-state index contributed by atoms with van der Waals surface area (Å²) in [5.74, 6) is 1.37. The lowest BCUT2D eigenvalue weighted by Gasteiger charge is -2.37. The zero-order valence-electron chi connectivity index (χ0n) is 8.93. The Kier molecular flexibility index (Phi) is 3.14. The molecule has 0 atom stereocenters. The molecule has 2 fully saturated rings. The minimum Gasteiger partial charge on any atom is -0.465 e. The molecule has 0 aromatic carbocycles. The minimum absolute atomic E-state index is 0.0610. The maximum absolute atomic E-state index is 10.7. The molecule has 2 rings (SSSR count). The van der Waals surface area contributed by atoms with E-state index >= 15 is 0 Å². The first-order valence-electron chi connectivity index (χ1n) is 5.81. The summed E-state index contributed by atoms with van der Waals surface area (Å²) in [6.45, 7) is 1.38. The molecule has 1 saturated carbocycles. The van der Waals surface area contributed by atoms with Crippen LogP contribution in [0.25, 0.3) is 0 Å². The van der Waals surface area contributed by atoms with E-state index in [2.05, 4.69) is 0 Å². The zero-order valence-corrected chi connectivity index (χ0v) is 8.93. The number of hydrogen-bond acceptors (Lipinski definition) is 2. The van der Waals surface area contributed by atoms with Crippen molar-refractivity contribution >= 4 is 6.09 Å². The molecule has 86 valence electrons. The number of carbonyl (C=O) groups is 1. The van der Waals surface area contributed by atoms with Crippen molar-refractivity contribution < 1.29 is 15.0 Å². The molecule has 0 spiro atoms. The summed E-state index contributed by atoms with van der Waals surface area (Å²) in [6, 6.07) is 0. The lowest BCUT2D eigenvalue weighted by molar-refractivity contribution is 0.0257. The molecule has 0 bridgehead atoms. The van der Waals surface area contributed by atoms with Gasteiger partial charge in [0.1, 0.15) is 0 Å². The van der Waals surface area contributed by atoms with Crippen LogP contribution in [0.3, 0.4) is 0 Å². The number of aliphatic hydroxyl groups excluding tert-OH is 1. The predicted molar refractivity (Wildman–Crippen MR) is 55.7 cm³/mol. The van der Waals surface area contributed by atoms with Crippen molar-refractivity contribution in [1.29, 1.82) is 0 Å². The van der Waals surface area contributed by atoms with Crippen molar-refractivity contribution in [3.8, 4) is 0 Å². The van der Waals surface area contributed by atoms with Crippen molar-refractivity contribution in [3.05, 3.63) is 0 Å². The number of aliphatic hydroxyl groups is 1. The monoisotopic (exact) mass is 213 g/mol. The Bertz CT molecular complexity index is 230. The van der Waals surface area contributed by atoms with Gasteiger partial charge in [-0.15, -0.1) is 0 Å². The van der Waals surface area contributed by atoms with E-state index in [1.165, 1.54) is 11.3 Å². The highest BCUT2D eigenvalue weighted by atomic mass is 16.4. The number of rotatable bonds is 2. The molecule has 4 nitrogen and oxygen atoms in total. The fraction of sp³-hybridized carbons (Fsp3) is 0.909. The van der Waals surface area contributed by atoms with Crippen LogP contribution in [0.15, 0.2) is 0 Å². The number of carboxylic acid groups (broad SMARTS) is 1. The third kappa shape index (κ3) is 2.62. The zero-order chi connectivity index (χ0) is 10.8. The Labute approximate surface area is 89.9 Å². The summed E-state index contributed by atoms with van der Waals surface area (Å²) >= 11 is 0. The molecule has 15 heavy (non-hydrogen) atoms. The number of likely N-dealkylation sites (tertiary alicyclic amines) is 1. The summed E-state index contributed by atoms with van der Waals surface area (Å²) in [7, 11) is 0. The number of amides is 1. The van der Waals surface area contributed by atoms with Gasteiger partial charge < -0.3 is 15.1 Å². The molecular weight excluding hydrogens is 194 g/mol. The van der Waals surface area contributed by atoms with Gasteiger partial charge in [0.2, 0.25) is 0 Å². The van der Waals surface area contributed by atoms with Gasteiger partial charge in [-0.2, -0.15) is 0 Å². The normalized spacial score (nSPS) is 32.5. The Morgan fingerprint density at radius 1 is 1.20 bits per heavy atom. The highest BCUT2D eigenvalue weighted by molar-refractivity contribution is 5.64. The molecule has 1 aliphatic heterocycles. The standard InChI is InChI=1S/C11H19NO3/c13-10-6-9(7-10)5-8-1-3-12(4-2-8)11(14)15/h8-10,13H,1-7H2,(H,14,15). The second-order valence-electron chi connectivity index (χ2n) is 4.94. The Balaban J connectivity index is 1.67. The van der Waals surface area contributed by atoms with Gasteiger partial charge in [-0.25, -0.2) is 4.79 Å². The molecule has 1 amide bonds. The third-order valence-electron chi connectivity index (χ3n) is 3.76. The molecule has 2 aliphatic rings.